The number of piperidine rings is 1. The molecular formula is C25H28F3N5O2. The zero-order valence-corrected chi connectivity index (χ0v) is 19.8. The molecule has 186 valence electrons. The largest absolute Gasteiger partial charge is 0.496 e. The van der Waals surface area contributed by atoms with Crippen LogP contribution in [0, 0.1) is 6.92 Å². The molecule has 35 heavy (non-hydrogen) atoms. The summed E-state index contributed by atoms with van der Waals surface area (Å²) in [6.07, 6.45) is -2.02. The van der Waals surface area contributed by atoms with Crippen LogP contribution < -0.4 is 15.8 Å². The van der Waals surface area contributed by atoms with Crippen LogP contribution in [0.2, 0.25) is 0 Å². The Morgan fingerprint density at radius 3 is 2.51 bits per heavy atom. The highest BCUT2D eigenvalue weighted by molar-refractivity contribution is 5.91. The number of methoxy groups -OCH3 is 1. The number of nitrogens with zero attached hydrogens (tertiary/aromatic N) is 3. The Morgan fingerprint density at radius 2 is 1.89 bits per heavy atom. The standard InChI is InChI=1S/C25H28F3N5O2/c1-14(17-8-18(25(26,27)28)10-19(29)9-17)30-24-21-11-20(16-4-6-33(13-34)7-5-16)23(35-3)12-22(21)31-15(2)32-24/h8-14,16H,4-7,29H2,1-3H3,(H,30,31,32). The lowest BCUT2D eigenvalue weighted by atomic mass is 9.88. The molecule has 3 N–H and O–H groups in total. The van der Waals surface area contributed by atoms with Crippen molar-refractivity contribution in [3.8, 4) is 5.75 Å². The van der Waals surface area contributed by atoms with Gasteiger partial charge in [-0.2, -0.15) is 13.2 Å². The first-order valence-corrected chi connectivity index (χ1v) is 11.4. The second kappa shape index (κ2) is 9.59. The van der Waals surface area contributed by atoms with Crippen LogP contribution in [0.5, 0.6) is 5.75 Å². The molecule has 0 saturated carbocycles. The molecule has 1 unspecified atom stereocenters. The number of nitrogens with one attached hydrogen (secondary N) is 1. The van der Waals surface area contributed by atoms with E-state index < -0.39 is 17.8 Å². The minimum Gasteiger partial charge on any atom is -0.496 e. The molecule has 0 spiro atoms. The lowest BCUT2D eigenvalue weighted by Crippen LogP contribution is -2.31. The summed E-state index contributed by atoms with van der Waals surface area (Å²) >= 11 is 0. The Kier molecular flexibility index (Phi) is 6.73. The molecule has 7 nitrogen and oxygen atoms in total. The maximum Gasteiger partial charge on any atom is 0.416 e. The number of halogens is 3. The maximum atomic E-state index is 13.3. The Bertz CT molecular complexity index is 1240. The summed E-state index contributed by atoms with van der Waals surface area (Å²) in [5.41, 5.74) is 7.08. The summed E-state index contributed by atoms with van der Waals surface area (Å²) in [6, 6.07) is 6.90. The zero-order chi connectivity index (χ0) is 25.3. The smallest absolute Gasteiger partial charge is 0.416 e. The number of ether oxygens (including phenoxy) is 1. The fraction of sp³-hybridized carbons (Fsp3) is 0.400. The van der Waals surface area contributed by atoms with Gasteiger partial charge in [0.05, 0.1) is 24.2 Å². The Hall–Kier alpha value is -3.56. The third-order valence-electron chi connectivity index (χ3n) is 6.44. The van der Waals surface area contributed by atoms with Gasteiger partial charge in [-0.05, 0) is 68.0 Å². The number of rotatable bonds is 6. The second-order valence-electron chi connectivity index (χ2n) is 8.90. The quantitative estimate of drug-likeness (QED) is 0.373. The predicted molar refractivity (Wildman–Crippen MR) is 128 cm³/mol. The fourth-order valence-corrected chi connectivity index (χ4v) is 4.59. The van der Waals surface area contributed by atoms with Crippen LogP contribution in [0.25, 0.3) is 10.9 Å². The van der Waals surface area contributed by atoms with Gasteiger partial charge in [-0.1, -0.05) is 0 Å². The van der Waals surface area contributed by atoms with Crippen molar-refractivity contribution in [3.05, 3.63) is 52.8 Å². The number of hydrogen-bond acceptors (Lipinski definition) is 6. The molecule has 1 atom stereocenters. The van der Waals surface area contributed by atoms with E-state index in [-0.39, 0.29) is 11.6 Å². The number of anilines is 2. The molecule has 1 aromatic heterocycles. The number of aryl methyl sites for hydroxylation is 1. The van der Waals surface area contributed by atoms with Crippen LogP contribution >= 0.6 is 0 Å². The van der Waals surface area contributed by atoms with Crippen molar-refractivity contribution < 1.29 is 22.7 Å². The summed E-state index contributed by atoms with van der Waals surface area (Å²) in [7, 11) is 1.61. The highest BCUT2D eigenvalue weighted by Crippen LogP contribution is 2.39. The van der Waals surface area contributed by atoms with Crippen molar-refractivity contribution in [3.63, 3.8) is 0 Å². The molecule has 3 aromatic rings. The second-order valence-corrected chi connectivity index (χ2v) is 8.90. The first kappa shape index (κ1) is 24.6. The molecule has 2 aromatic carbocycles. The minimum absolute atomic E-state index is 0.0425. The van der Waals surface area contributed by atoms with E-state index in [1.165, 1.54) is 6.07 Å². The zero-order valence-electron chi connectivity index (χ0n) is 19.8. The van der Waals surface area contributed by atoms with Gasteiger partial charge in [0.15, 0.2) is 0 Å². The van der Waals surface area contributed by atoms with Crippen LogP contribution in [0.4, 0.5) is 24.7 Å². The summed E-state index contributed by atoms with van der Waals surface area (Å²) in [5.74, 6) is 1.94. The highest BCUT2D eigenvalue weighted by Gasteiger charge is 2.31. The van der Waals surface area contributed by atoms with E-state index in [0.29, 0.717) is 41.6 Å². The van der Waals surface area contributed by atoms with Gasteiger partial charge in [-0.15, -0.1) is 0 Å². The Labute approximate surface area is 201 Å². The molecular weight excluding hydrogens is 459 g/mol. The number of fused-ring (bicyclic) bond motifs is 1. The number of alkyl halides is 3. The van der Waals surface area contributed by atoms with Gasteiger partial charge >= 0.3 is 6.18 Å². The number of carbonyl (C=O) groups is 1. The van der Waals surface area contributed by atoms with E-state index in [2.05, 4.69) is 15.3 Å². The van der Waals surface area contributed by atoms with Crippen molar-refractivity contribution in [1.82, 2.24) is 14.9 Å². The number of nitrogens with two attached hydrogens (primary N) is 1. The van der Waals surface area contributed by atoms with E-state index >= 15 is 0 Å². The number of benzene rings is 2. The van der Waals surface area contributed by atoms with Gasteiger partial charge in [0.1, 0.15) is 17.4 Å². The maximum absolute atomic E-state index is 13.3. The van der Waals surface area contributed by atoms with Crippen molar-refractivity contribution in [2.24, 2.45) is 0 Å². The third kappa shape index (κ3) is 5.26. The van der Waals surface area contributed by atoms with Gasteiger partial charge in [0.2, 0.25) is 6.41 Å². The molecule has 1 amide bonds. The molecule has 0 bridgehead atoms. The average Bonchev–Trinajstić information content (AvgIpc) is 2.82. The first-order valence-electron chi connectivity index (χ1n) is 11.4. The predicted octanol–water partition coefficient (Wildman–Crippen LogP) is 5.06. The molecule has 1 aliphatic rings. The molecule has 10 heteroatoms. The van der Waals surface area contributed by atoms with Crippen LogP contribution in [0.3, 0.4) is 0 Å². The molecule has 4 rings (SSSR count). The van der Waals surface area contributed by atoms with Gasteiger partial charge in [0, 0.05) is 30.2 Å². The number of carbonyl (C=O) groups excluding carboxylic acids is 1. The average molecular weight is 488 g/mol. The molecule has 1 fully saturated rings. The van der Waals surface area contributed by atoms with E-state index in [1.807, 2.05) is 12.1 Å². The van der Waals surface area contributed by atoms with Crippen LogP contribution in [-0.2, 0) is 11.0 Å². The van der Waals surface area contributed by atoms with E-state index in [1.54, 1.807) is 25.9 Å². The minimum atomic E-state index is -4.49. The van der Waals surface area contributed by atoms with Gasteiger partial charge in [-0.25, -0.2) is 9.97 Å². The molecule has 2 heterocycles. The molecule has 1 aliphatic heterocycles. The van der Waals surface area contributed by atoms with E-state index in [9.17, 15) is 18.0 Å². The summed E-state index contributed by atoms with van der Waals surface area (Å²) in [6.45, 7) is 4.85. The Balaban J connectivity index is 1.72. The summed E-state index contributed by atoms with van der Waals surface area (Å²) < 4.78 is 45.6. The molecule has 1 saturated heterocycles. The van der Waals surface area contributed by atoms with Crippen molar-refractivity contribution in [1.29, 1.82) is 0 Å². The number of nitrogen functional groups attached to an aromatic ring is 1. The molecule has 0 radical (unpaired) electrons. The van der Waals surface area contributed by atoms with Crippen LogP contribution in [-0.4, -0.2) is 41.5 Å². The topological polar surface area (TPSA) is 93.4 Å². The van der Waals surface area contributed by atoms with E-state index in [0.717, 1.165) is 42.3 Å². The SMILES string of the molecule is COc1cc2nc(C)nc(NC(C)c3cc(N)cc(C(F)(F)F)c3)c2cc1C1CCN(C=O)CC1. The first-order chi connectivity index (χ1) is 16.6. The molecule has 0 aliphatic carbocycles. The van der Waals surface area contributed by atoms with Crippen molar-refractivity contribution in [2.45, 2.75) is 44.8 Å². The van der Waals surface area contributed by atoms with E-state index in [4.69, 9.17) is 10.5 Å². The van der Waals surface area contributed by atoms with Gasteiger partial charge in [0.25, 0.3) is 0 Å². The fourth-order valence-electron chi connectivity index (χ4n) is 4.59. The number of hydrogen-bond donors (Lipinski definition) is 2. The summed E-state index contributed by atoms with van der Waals surface area (Å²) in [4.78, 5) is 22.0. The van der Waals surface area contributed by atoms with Crippen molar-refractivity contribution in [2.75, 3.05) is 31.2 Å². The number of amides is 1. The monoisotopic (exact) mass is 487 g/mol. The lowest BCUT2D eigenvalue weighted by Gasteiger charge is -2.30. The normalized spacial score (nSPS) is 15.8. The van der Waals surface area contributed by atoms with Gasteiger partial charge in [-0.3, -0.25) is 4.79 Å². The Morgan fingerprint density at radius 1 is 1.17 bits per heavy atom. The number of likely N-dealkylation sites (tertiary alicyclic amines) is 1. The number of aromatic nitrogens is 2. The third-order valence-corrected chi connectivity index (χ3v) is 6.44. The lowest BCUT2D eigenvalue weighted by molar-refractivity contribution is -0.137. The van der Waals surface area contributed by atoms with Crippen LogP contribution in [0.15, 0.2) is 30.3 Å². The van der Waals surface area contributed by atoms with Crippen molar-refractivity contribution >= 4 is 28.8 Å². The van der Waals surface area contributed by atoms with Gasteiger partial charge < -0.3 is 20.7 Å². The highest BCUT2D eigenvalue weighted by atomic mass is 19.4. The van der Waals surface area contributed by atoms with Crippen LogP contribution in [0.1, 0.15) is 54.2 Å². The summed E-state index contributed by atoms with van der Waals surface area (Å²) in [5, 5.41) is 4.01.